The van der Waals surface area contributed by atoms with Crippen molar-refractivity contribution in [1.82, 2.24) is 9.97 Å². The van der Waals surface area contributed by atoms with Crippen LogP contribution in [-0.2, 0) is 0 Å². The van der Waals surface area contributed by atoms with Crippen molar-refractivity contribution >= 4 is 64.0 Å². The van der Waals surface area contributed by atoms with Crippen molar-refractivity contribution in [1.29, 1.82) is 0 Å². The molecule has 0 bridgehead atoms. The van der Waals surface area contributed by atoms with Crippen LogP contribution in [0.3, 0.4) is 0 Å². The molecular formula is C46H28N2S. The van der Waals surface area contributed by atoms with E-state index in [1.54, 1.807) is 11.3 Å². The van der Waals surface area contributed by atoms with Crippen LogP contribution < -0.4 is 0 Å². The summed E-state index contributed by atoms with van der Waals surface area (Å²) in [6, 6.07) is 60.9. The molecule has 2 heterocycles. The first-order valence-electron chi connectivity index (χ1n) is 16.6. The number of fused-ring (bicyclic) bond motifs is 9. The second kappa shape index (κ2) is 11.2. The number of hydrogen-bond acceptors (Lipinski definition) is 3. The summed E-state index contributed by atoms with van der Waals surface area (Å²) >= 11 is 1.77. The molecule has 0 N–H and O–H groups in total. The van der Waals surface area contributed by atoms with Crippen molar-refractivity contribution in [2.75, 3.05) is 0 Å². The van der Waals surface area contributed by atoms with Crippen LogP contribution in [0.4, 0.5) is 0 Å². The van der Waals surface area contributed by atoms with Gasteiger partial charge < -0.3 is 0 Å². The predicted molar refractivity (Wildman–Crippen MR) is 209 cm³/mol. The topological polar surface area (TPSA) is 25.8 Å². The molecule has 0 radical (unpaired) electrons. The maximum absolute atomic E-state index is 5.19. The normalized spacial score (nSPS) is 11.7. The highest BCUT2D eigenvalue weighted by molar-refractivity contribution is 7.26. The molecule has 0 fully saturated rings. The standard InChI is InChI=1S/C46H28N2S/c1-3-12-29(13-4-1)43-45-44(48-46(47-43)30-14-5-2-6-15-30)41-28-34(23-25-42(41)49-45)32-17-11-16-31(26-32)33-22-24-39-37-20-8-7-18-35(37)36-19-9-10-21-38(36)40(39)27-33/h1-28H. The number of rotatable bonds is 4. The Bertz CT molecular complexity index is 2840. The summed E-state index contributed by atoms with van der Waals surface area (Å²) < 4.78 is 2.32. The molecule has 0 atom stereocenters. The molecule has 10 rings (SSSR count). The van der Waals surface area contributed by atoms with E-state index in [0.717, 1.165) is 38.2 Å². The number of hydrogen-bond donors (Lipinski definition) is 0. The summed E-state index contributed by atoms with van der Waals surface area (Å²) in [5, 5.41) is 8.90. The summed E-state index contributed by atoms with van der Waals surface area (Å²) in [6.07, 6.45) is 0. The smallest absolute Gasteiger partial charge is 0.160 e. The number of thiophene rings is 1. The molecule has 0 amide bonds. The minimum absolute atomic E-state index is 0.746. The molecule has 0 saturated carbocycles. The molecule has 10 aromatic rings. The van der Waals surface area contributed by atoms with Crippen LogP contribution in [-0.4, -0.2) is 9.97 Å². The molecule has 0 aliphatic rings. The van der Waals surface area contributed by atoms with Crippen molar-refractivity contribution in [3.63, 3.8) is 0 Å². The highest BCUT2D eigenvalue weighted by Gasteiger charge is 2.17. The number of aromatic nitrogens is 2. The van der Waals surface area contributed by atoms with Gasteiger partial charge in [0.15, 0.2) is 5.82 Å². The van der Waals surface area contributed by atoms with Crippen LogP contribution in [0.15, 0.2) is 170 Å². The van der Waals surface area contributed by atoms with Gasteiger partial charge >= 0.3 is 0 Å². The van der Waals surface area contributed by atoms with E-state index < -0.39 is 0 Å². The highest BCUT2D eigenvalue weighted by Crippen LogP contribution is 2.42. The van der Waals surface area contributed by atoms with Crippen LogP contribution in [0.25, 0.3) is 97.5 Å². The maximum atomic E-state index is 5.19. The van der Waals surface area contributed by atoms with Crippen molar-refractivity contribution in [2.45, 2.75) is 0 Å². The zero-order valence-corrected chi connectivity index (χ0v) is 27.3. The largest absolute Gasteiger partial charge is 0.226 e. The van der Waals surface area contributed by atoms with Gasteiger partial charge in [0.2, 0.25) is 0 Å². The van der Waals surface area contributed by atoms with Gasteiger partial charge in [0.05, 0.1) is 15.9 Å². The van der Waals surface area contributed by atoms with Gasteiger partial charge in [-0.3, -0.25) is 0 Å². The Kier molecular flexibility index (Phi) is 6.39. The second-order valence-corrected chi connectivity index (χ2v) is 13.6. The van der Waals surface area contributed by atoms with Crippen molar-refractivity contribution in [3.8, 4) is 44.9 Å². The average Bonchev–Trinajstić information content (AvgIpc) is 3.56. The minimum atomic E-state index is 0.746. The Labute approximate surface area is 287 Å². The first-order valence-corrected chi connectivity index (χ1v) is 17.4. The Morgan fingerprint density at radius 3 is 1.47 bits per heavy atom. The van der Waals surface area contributed by atoms with E-state index in [1.807, 2.05) is 24.3 Å². The van der Waals surface area contributed by atoms with Crippen LogP contribution in [0.5, 0.6) is 0 Å². The van der Waals surface area contributed by atoms with E-state index in [4.69, 9.17) is 9.97 Å². The van der Waals surface area contributed by atoms with E-state index in [2.05, 4.69) is 146 Å². The fraction of sp³-hybridized carbons (Fsp3) is 0. The van der Waals surface area contributed by atoms with Crippen LogP contribution in [0, 0.1) is 0 Å². The molecule has 228 valence electrons. The van der Waals surface area contributed by atoms with Gasteiger partial charge in [-0.1, -0.05) is 146 Å². The third-order valence-electron chi connectivity index (χ3n) is 9.66. The molecule has 0 spiro atoms. The molecular weight excluding hydrogens is 613 g/mol. The Morgan fingerprint density at radius 2 is 0.816 bits per heavy atom. The fourth-order valence-corrected chi connectivity index (χ4v) is 8.43. The van der Waals surface area contributed by atoms with Gasteiger partial charge in [-0.2, -0.15) is 0 Å². The third-order valence-corrected chi connectivity index (χ3v) is 10.8. The van der Waals surface area contributed by atoms with Crippen molar-refractivity contribution in [3.05, 3.63) is 170 Å². The zero-order valence-electron chi connectivity index (χ0n) is 26.5. The lowest BCUT2D eigenvalue weighted by Gasteiger charge is -2.12. The first-order chi connectivity index (χ1) is 24.3. The Morgan fingerprint density at radius 1 is 0.327 bits per heavy atom. The van der Waals surface area contributed by atoms with E-state index in [1.165, 1.54) is 59.3 Å². The SMILES string of the molecule is c1ccc(-c2nc(-c3ccccc3)c3sc4ccc(-c5cccc(-c6ccc7c8ccccc8c8ccccc8c7c6)c5)cc4c3n2)cc1. The molecule has 0 unspecified atom stereocenters. The van der Waals surface area contributed by atoms with Crippen LogP contribution in [0.1, 0.15) is 0 Å². The molecule has 3 heteroatoms. The summed E-state index contributed by atoms with van der Waals surface area (Å²) in [7, 11) is 0. The fourth-order valence-electron chi connectivity index (χ4n) is 7.30. The maximum Gasteiger partial charge on any atom is 0.160 e. The lowest BCUT2D eigenvalue weighted by Crippen LogP contribution is -1.93. The van der Waals surface area contributed by atoms with Crippen LogP contribution >= 0.6 is 11.3 Å². The summed E-state index contributed by atoms with van der Waals surface area (Å²) in [5.41, 5.74) is 8.86. The molecule has 2 aromatic heterocycles. The first kappa shape index (κ1) is 27.9. The van der Waals surface area contributed by atoms with E-state index in [-0.39, 0.29) is 0 Å². The van der Waals surface area contributed by atoms with Gasteiger partial charge in [-0.25, -0.2) is 9.97 Å². The van der Waals surface area contributed by atoms with Gasteiger partial charge in [0.25, 0.3) is 0 Å². The lowest BCUT2D eigenvalue weighted by molar-refractivity contribution is 1.24. The molecule has 0 aliphatic carbocycles. The van der Waals surface area contributed by atoms with Crippen LogP contribution in [0.2, 0.25) is 0 Å². The molecule has 0 aliphatic heterocycles. The zero-order chi connectivity index (χ0) is 32.3. The average molecular weight is 641 g/mol. The lowest BCUT2D eigenvalue weighted by atomic mass is 9.91. The minimum Gasteiger partial charge on any atom is -0.226 e. The summed E-state index contributed by atoms with van der Waals surface area (Å²) in [5.74, 6) is 0.746. The Hall–Kier alpha value is -6.16. The monoisotopic (exact) mass is 640 g/mol. The van der Waals surface area contributed by atoms with E-state index in [9.17, 15) is 0 Å². The number of nitrogens with zero attached hydrogens (tertiary/aromatic N) is 2. The highest BCUT2D eigenvalue weighted by atomic mass is 32.1. The summed E-state index contributed by atoms with van der Waals surface area (Å²) in [4.78, 5) is 10.3. The third kappa shape index (κ3) is 4.62. The van der Waals surface area contributed by atoms with Gasteiger partial charge in [-0.15, -0.1) is 11.3 Å². The molecule has 2 nitrogen and oxygen atoms in total. The molecule has 8 aromatic carbocycles. The van der Waals surface area contributed by atoms with Gasteiger partial charge in [0, 0.05) is 21.2 Å². The molecule has 49 heavy (non-hydrogen) atoms. The van der Waals surface area contributed by atoms with Crippen molar-refractivity contribution < 1.29 is 0 Å². The second-order valence-electron chi connectivity index (χ2n) is 12.6. The van der Waals surface area contributed by atoms with E-state index >= 15 is 0 Å². The predicted octanol–water partition coefficient (Wildman–Crippen LogP) is 13.0. The van der Waals surface area contributed by atoms with Crippen molar-refractivity contribution in [2.24, 2.45) is 0 Å². The van der Waals surface area contributed by atoms with Gasteiger partial charge in [-0.05, 0) is 78.8 Å². The quantitative estimate of drug-likeness (QED) is 0.179. The Balaban J connectivity index is 1.13. The van der Waals surface area contributed by atoms with E-state index in [0.29, 0.717) is 0 Å². The number of benzene rings is 8. The van der Waals surface area contributed by atoms with Gasteiger partial charge in [0.1, 0.15) is 0 Å². The summed E-state index contributed by atoms with van der Waals surface area (Å²) in [6.45, 7) is 0. The molecule has 0 saturated heterocycles.